The summed E-state index contributed by atoms with van der Waals surface area (Å²) in [5.41, 5.74) is 3.99. The van der Waals surface area contributed by atoms with Crippen molar-refractivity contribution < 1.29 is 14.6 Å². The van der Waals surface area contributed by atoms with E-state index in [9.17, 15) is 5.11 Å². The highest BCUT2D eigenvalue weighted by atomic mass is 16.5. The monoisotopic (exact) mass is 358 g/mol. The minimum Gasteiger partial charge on any atom is -0.508 e. The fourth-order valence-electron chi connectivity index (χ4n) is 2.67. The van der Waals surface area contributed by atoms with Crippen molar-refractivity contribution >= 4 is 24.3 Å². The molecule has 3 rings (SSSR count). The molecule has 0 fully saturated rings. The van der Waals surface area contributed by atoms with Crippen LogP contribution in [0, 0.1) is 0 Å². The topological polar surface area (TPSA) is 38.7 Å². The van der Waals surface area contributed by atoms with Crippen molar-refractivity contribution in [2.24, 2.45) is 0 Å². The molecule has 1 N–H and O–H groups in total. The van der Waals surface area contributed by atoms with Crippen LogP contribution in [0.1, 0.15) is 22.3 Å². The Hall–Kier alpha value is -3.46. The van der Waals surface area contributed by atoms with E-state index in [4.69, 9.17) is 9.47 Å². The van der Waals surface area contributed by atoms with Crippen molar-refractivity contribution in [3.8, 4) is 17.2 Å². The summed E-state index contributed by atoms with van der Waals surface area (Å²) in [6.45, 7) is 0. The second-order valence-electron chi connectivity index (χ2n) is 6.07. The highest BCUT2D eigenvalue weighted by Gasteiger charge is 1.97. The zero-order chi connectivity index (χ0) is 19.1. The fourth-order valence-corrected chi connectivity index (χ4v) is 2.67. The third kappa shape index (κ3) is 5.25. The maximum Gasteiger partial charge on any atom is 0.118 e. The molecule has 3 heteroatoms. The Kier molecular flexibility index (Phi) is 5.95. The molecule has 0 spiro atoms. The molecule has 0 bridgehead atoms. The largest absolute Gasteiger partial charge is 0.508 e. The van der Waals surface area contributed by atoms with Crippen LogP contribution in [0.2, 0.25) is 0 Å². The van der Waals surface area contributed by atoms with Crippen LogP contribution in [0.15, 0.2) is 66.7 Å². The molecule has 0 aliphatic rings. The smallest absolute Gasteiger partial charge is 0.118 e. The van der Waals surface area contributed by atoms with E-state index in [1.165, 1.54) is 0 Å². The van der Waals surface area contributed by atoms with Crippen LogP contribution >= 0.6 is 0 Å². The molecule has 0 unspecified atom stereocenters. The minimum atomic E-state index is 0.237. The first kappa shape index (κ1) is 18.3. The van der Waals surface area contributed by atoms with E-state index in [1.807, 2.05) is 78.9 Å². The Labute approximate surface area is 159 Å². The van der Waals surface area contributed by atoms with Crippen LogP contribution in [0.5, 0.6) is 17.2 Å². The van der Waals surface area contributed by atoms with E-state index >= 15 is 0 Å². The van der Waals surface area contributed by atoms with Gasteiger partial charge in [0.15, 0.2) is 0 Å². The molecule has 3 nitrogen and oxygen atoms in total. The molecule has 0 heterocycles. The Morgan fingerprint density at radius 3 is 1.30 bits per heavy atom. The fraction of sp³-hybridized carbons (Fsp3) is 0.0833. The molecule has 3 aromatic rings. The van der Waals surface area contributed by atoms with Gasteiger partial charge < -0.3 is 14.6 Å². The average molecular weight is 358 g/mol. The summed E-state index contributed by atoms with van der Waals surface area (Å²) in [7, 11) is 3.30. The summed E-state index contributed by atoms with van der Waals surface area (Å²) in [5.74, 6) is 1.90. The zero-order valence-corrected chi connectivity index (χ0v) is 15.4. The number of phenols is 1. The normalized spacial score (nSPS) is 11.2. The summed E-state index contributed by atoms with van der Waals surface area (Å²) in [4.78, 5) is 0. The molecule has 0 amide bonds. The SMILES string of the molecule is COc1ccc(/C=C/c2cc(O)cc(/C=C/c3ccc(OC)cc3)c2)cc1. The van der Waals surface area contributed by atoms with Crippen LogP contribution in [0.4, 0.5) is 0 Å². The quantitative estimate of drug-likeness (QED) is 0.570. The third-order valence-electron chi connectivity index (χ3n) is 4.13. The number of benzene rings is 3. The number of rotatable bonds is 6. The number of aromatic hydroxyl groups is 1. The second-order valence-corrected chi connectivity index (χ2v) is 6.07. The average Bonchev–Trinajstić information content (AvgIpc) is 2.71. The van der Waals surface area contributed by atoms with Crippen LogP contribution < -0.4 is 9.47 Å². The Bertz CT molecular complexity index is 861. The number of ether oxygens (including phenoxy) is 2. The number of methoxy groups -OCH3 is 2. The van der Waals surface area contributed by atoms with Gasteiger partial charge in [-0.25, -0.2) is 0 Å². The molecule has 0 atom stereocenters. The first-order chi connectivity index (χ1) is 13.2. The molecule has 0 aliphatic carbocycles. The van der Waals surface area contributed by atoms with Crippen molar-refractivity contribution in [3.05, 3.63) is 89.0 Å². The van der Waals surface area contributed by atoms with Gasteiger partial charge in [0.2, 0.25) is 0 Å². The van der Waals surface area contributed by atoms with Crippen LogP contribution in [-0.4, -0.2) is 19.3 Å². The van der Waals surface area contributed by atoms with Gasteiger partial charge in [0.25, 0.3) is 0 Å². The molecular formula is C24H22O3. The molecule has 0 aliphatic heterocycles. The Morgan fingerprint density at radius 1 is 0.556 bits per heavy atom. The molecule has 3 aromatic carbocycles. The predicted molar refractivity (Wildman–Crippen MR) is 112 cm³/mol. The number of hydrogen-bond acceptors (Lipinski definition) is 3. The van der Waals surface area contributed by atoms with Gasteiger partial charge in [-0.2, -0.15) is 0 Å². The van der Waals surface area contributed by atoms with E-state index in [-0.39, 0.29) is 5.75 Å². The molecule has 0 aromatic heterocycles. The van der Waals surface area contributed by atoms with E-state index in [1.54, 1.807) is 26.4 Å². The zero-order valence-electron chi connectivity index (χ0n) is 15.4. The van der Waals surface area contributed by atoms with Gasteiger partial charge in [-0.05, 0) is 64.7 Å². The number of phenolic OH excluding ortho intramolecular Hbond substituents is 1. The van der Waals surface area contributed by atoms with E-state index < -0.39 is 0 Å². The van der Waals surface area contributed by atoms with Crippen molar-refractivity contribution in [1.82, 2.24) is 0 Å². The van der Waals surface area contributed by atoms with E-state index in [0.717, 1.165) is 33.8 Å². The maximum absolute atomic E-state index is 10.0. The lowest BCUT2D eigenvalue weighted by molar-refractivity contribution is 0.414. The van der Waals surface area contributed by atoms with Gasteiger partial charge in [0.05, 0.1) is 14.2 Å². The summed E-state index contributed by atoms with van der Waals surface area (Å²) in [6.07, 6.45) is 7.97. The summed E-state index contributed by atoms with van der Waals surface area (Å²) in [5, 5.41) is 10.0. The standard InChI is InChI=1S/C24H22O3/c1-26-23-11-7-18(8-12-23)3-5-20-15-21(17-22(25)16-20)6-4-19-9-13-24(27-2)14-10-19/h3-17,25H,1-2H3/b5-3+,6-4+. The van der Waals surface area contributed by atoms with Crippen molar-refractivity contribution in [2.45, 2.75) is 0 Å². The number of hydrogen-bond donors (Lipinski definition) is 1. The van der Waals surface area contributed by atoms with Crippen LogP contribution in [0.25, 0.3) is 24.3 Å². The molecule has 27 heavy (non-hydrogen) atoms. The Balaban J connectivity index is 1.76. The summed E-state index contributed by atoms with van der Waals surface area (Å²) < 4.78 is 10.3. The first-order valence-corrected chi connectivity index (χ1v) is 8.64. The molecule has 0 saturated carbocycles. The van der Waals surface area contributed by atoms with Crippen molar-refractivity contribution in [1.29, 1.82) is 0 Å². The second kappa shape index (κ2) is 8.77. The first-order valence-electron chi connectivity index (χ1n) is 8.64. The molecular weight excluding hydrogens is 336 g/mol. The lowest BCUT2D eigenvalue weighted by atomic mass is 10.1. The minimum absolute atomic E-state index is 0.237. The lowest BCUT2D eigenvalue weighted by Crippen LogP contribution is -1.82. The summed E-state index contributed by atoms with van der Waals surface area (Å²) in [6, 6.07) is 21.2. The van der Waals surface area contributed by atoms with Gasteiger partial charge in [-0.15, -0.1) is 0 Å². The van der Waals surface area contributed by atoms with Crippen LogP contribution in [0.3, 0.4) is 0 Å². The molecule has 136 valence electrons. The maximum atomic E-state index is 10.0. The van der Waals surface area contributed by atoms with Crippen molar-refractivity contribution in [3.63, 3.8) is 0 Å². The van der Waals surface area contributed by atoms with Gasteiger partial charge in [-0.3, -0.25) is 0 Å². The molecule has 0 radical (unpaired) electrons. The van der Waals surface area contributed by atoms with Crippen molar-refractivity contribution in [2.75, 3.05) is 14.2 Å². The lowest BCUT2D eigenvalue weighted by Gasteiger charge is -2.02. The summed E-state index contributed by atoms with van der Waals surface area (Å²) >= 11 is 0. The van der Waals surface area contributed by atoms with Gasteiger partial charge in [0, 0.05) is 0 Å². The van der Waals surface area contributed by atoms with Gasteiger partial charge in [-0.1, -0.05) is 48.6 Å². The molecule has 0 saturated heterocycles. The van der Waals surface area contributed by atoms with Crippen LogP contribution in [-0.2, 0) is 0 Å². The van der Waals surface area contributed by atoms with E-state index in [0.29, 0.717) is 0 Å². The Morgan fingerprint density at radius 2 is 0.926 bits per heavy atom. The van der Waals surface area contributed by atoms with Gasteiger partial charge >= 0.3 is 0 Å². The predicted octanol–water partition coefficient (Wildman–Crippen LogP) is 5.75. The van der Waals surface area contributed by atoms with E-state index in [2.05, 4.69) is 0 Å². The van der Waals surface area contributed by atoms with Gasteiger partial charge in [0.1, 0.15) is 17.2 Å². The third-order valence-corrected chi connectivity index (χ3v) is 4.13. The highest BCUT2D eigenvalue weighted by Crippen LogP contribution is 2.21. The highest BCUT2D eigenvalue weighted by molar-refractivity contribution is 5.75.